The monoisotopic (exact) mass is 566 g/mol. The topological polar surface area (TPSA) is 82.6 Å². The van der Waals surface area contributed by atoms with Crippen LogP contribution < -0.4 is 15.4 Å². The number of halogens is 2. The highest BCUT2D eigenvalue weighted by atomic mass is 127. The molecule has 0 aromatic heterocycles. The van der Waals surface area contributed by atoms with Crippen LogP contribution >= 0.6 is 35.7 Å². The number of nitrogens with one attached hydrogen (secondary N) is 3. The zero-order valence-electron chi connectivity index (χ0n) is 17.0. The summed E-state index contributed by atoms with van der Waals surface area (Å²) in [6, 6.07) is 14.0. The fourth-order valence-electron chi connectivity index (χ4n) is 2.53. The number of rotatable bonds is 10. The highest BCUT2D eigenvalue weighted by molar-refractivity contribution is 14.0. The highest BCUT2D eigenvalue weighted by Gasteiger charge is 2.09. The Kier molecular flexibility index (Phi) is 12.3. The molecule has 0 amide bonds. The van der Waals surface area contributed by atoms with Crippen LogP contribution in [0.15, 0.2) is 58.4 Å². The van der Waals surface area contributed by atoms with Crippen molar-refractivity contribution in [2.24, 2.45) is 4.99 Å². The van der Waals surface area contributed by atoms with Gasteiger partial charge in [0.05, 0.1) is 5.75 Å². The van der Waals surface area contributed by atoms with E-state index in [0.29, 0.717) is 12.5 Å². The molecule has 0 unspecified atom stereocenters. The molecule has 6 nitrogen and oxygen atoms in total. The van der Waals surface area contributed by atoms with E-state index in [9.17, 15) is 12.8 Å². The summed E-state index contributed by atoms with van der Waals surface area (Å²) in [5.74, 6) is 1.33. The van der Waals surface area contributed by atoms with Gasteiger partial charge in [-0.15, -0.1) is 35.7 Å². The second-order valence-corrected chi connectivity index (χ2v) is 9.39. The minimum atomic E-state index is -3.29. The summed E-state index contributed by atoms with van der Waals surface area (Å²) in [5.41, 5.74) is 1.71. The molecule has 0 spiro atoms. The highest BCUT2D eigenvalue weighted by Crippen LogP contribution is 2.18. The van der Waals surface area contributed by atoms with Crippen molar-refractivity contribution in [2.45, 2.75) is 23.6 Å². The molecule has 0 saturated carbocycles. The van der Waals surface area contributed by atoms with E-state index in [4.69, 9.17) is 0 Å². The fourth-order valence-corrected chi connectivity index (χ4v) is 4.14. The van der Waals surface area contributed by atoms with E-state index in [1.54, 1.807) is 37.0 Å². The molecule has 0 saturated heterocycles. The van der Waals surface area contributed by atoms with Crippen LogP contribution in [0, 0.1) is 5.82 Å². The normalized spacial score (nSPS) is 11.6. The van der Waals surface area contributed by atoms with Crippen molar-refractivity contribution in [1.29, 1.82) is 0 Å². The maximum atomic E-state index is 12.9. The molecule has 30 heavy (non-hydrogen) atoms. The number of hydrogen-bond donors (Lipinski definition) is 3. The summed E-state index contributed by atoms with van der Waals surface area (Å²) in [5, 5.41) is 6.49. The lowest BCUT2D eigenvalue weighted by Crippen LogP contribution is -2.37. The molecule has 10 heteroatoms. The van der Waals surface area contributed by atoms with E-state index in [2.05, 4.69) is 20.3 Å². The summed E-state index contributed by atoms with van der Waals surface area (Å²) in [6.07, 6.45) is 0.931. The molecule has 166 valence electrons. The molecule has 2 aromatic carbocycles. The van der Waals surface area contributed by atoms with Crippen molar-refractivity contribution in [1.82, 2.24) is 15.4 Å². The van der Waals surface area contributed by atoms with Crippen molar-refractivity contribution >= 4 is 51.7 Å². The molecule has 0 atom stereocenters. The molecule has 0 fully saturated rings. The summed E-state index contributed by atoms with van der Waals surface area (Å²) in [6.45, 7) is 1.30. The lowest BCUT2D eigenvalue weighted by molar-refractivity contribution is 0.587. The van der Waals surface area contributed by atoms with Crippen LogP contribution in [0.4, 0.5) is 4.39 Å². The largest absolute Gasteiger partial charge is 0.356 e. The summed E-state index contributed by atoms with van der Waals surface area (Å²) in [7, 11) is -0.174. The zero-order chi connectivity index (χ0) is 21.1. The first-order valence-electron chi connectivity index (χ1n) is 9.24. The van der Waals surface area contributed by atoms with Crippen LogP contribution in [0.5, 0.6) is 0 Å². The minimum Gasteiger partial charge on any atom is -0.356 e. The number of nitrogens with zero attached hydrogens (tertiary/aromatic N) is 1. The van der Waals surface area contributed by atoms with Gasteiger partial charge in [0.2, 0.25) is 10.0 Å². The van der Waals surface area contributed by atoms with Crippen LogP contribution in [0.1, 0.15) is 17.5 Å². The average molecular weight is 567 g/mol. The van der Waals surface area contributed by atoms with E-state index in [1.807, 2.05) is 18.2 Å². The van der Waals surface area contributed by atoms with Crippen LogP contribution in [0.25, 0.3) is 0 Å². The molecule has 0 heterocycles. The van der Waals surface area contributed by atoms with E-state index in [0.717, 1.165) is 34.7 Å². The first-order valence-corrected chi connectivity index (χ1v) is 11.9. The van der Waals surface area contributed by atoms with Gasteiger partial charge in [0, 0.05) is 25.0 Å². The lowest BCUT2D eigenvalue weighted by Gasteiger charge is -2.12. The Bertz CT molecular complexity index is 909. The van der Waals surface area contributed by atoms with Crippen LogP contribution in [-0.4, -0.2) is 40.8 Å². The van der Waals surface area contributed by atoms with Gasteiger partial charge in [-0.25, -0.2) is 17.5 Å². The van der Waals surface area contributed by atoms with Crippen LogP contribution in [-0.2, 0) is 22.3 Å². The van der Waals surface area contributed by atoms with Gasteiger partial charge in [0.25, 0.3) is 0 Å². The molecule has 3 N–H and O–H groups in total. The Labute approximate surface area is 199 Å². The smallest absolute Gasteiger partial charge is 0.215 e. The van der Waals surface area contributed by atoms with E-state index in [1.165, 1.54) is 19.2 Å². The van der Waals surface area contributed by atoms with E-state index >= 15 is 0 Å². The molecule has 0 aliphatic carbocycles. The molecular formula is C20H28FIN4O2S2. The SMILES string of the molecule is CN=C(NCCCSc1ccc(F)cc1)NCc1cccc(CS(=O)(=O)NC)c1.I. The van der Waals surface area contributed by atoms with Gasteiger partial charge in [0.15, 0.2) is 5.96 Å². The maximum Gasteiger partial charge on any atom is 0.215 e. The number of aliphatic imine (C=N–C) groups is 1. The number of sulfonamides is 1. The number of benzene rings is 2. The third-order valence-corrected chi connectivity index (χ3v) is 6.47. The number of thioether (sulfide) groups is 1. The first kappa shape index (κ1) is 26.7. The second kappa shape index (κ2) is 13.8. The third kappa shape index (κ3) is 10.1. The van der Waals surface area contributed by atoms with Crippen molar-refractivity contribution in [3.05, 3.63) is 65.5 Å². The standard InChI is InChI=1S/C20H27FN4O2S2.HI/c1-22-20(24-11-4-12-28-19-9-7-18(21)8-10-19)25-14-16-5-3-6-17(13-16)15-29(26,27)23-2;/h3,5-10,13,23H,4,11-12,14-15H2,1-2H3,(H2,22,24,25);1H. The van der Waals surface area contributed by atoms with Crippen molar-refractivity contribution in [3.8, 4) is 0 Å². The Morgan fingerprint density at radius 2 is 1.80 bits per heavy atom. The number of guanidine groups is 1. The predicted octanol–water partition coefficient (Wildman–Crippen LogP) is 3.34. The second-order valence-electron chi connectivity index (χ2n) is 6.29. The molecule has 2 aromatic rings. The predicted molar refractivity (Wildman–Crippen MR) is 133 cm³/mol. The molecule has 0 aliphatic heterocycles. The van der Waals surface area contributed by atoms with E-state index < -0.39 is 10.0 Å². The lowest BCUT2D eigenvalue weighted by atomic mass is 10.1. The quantitative estimate of drug-likeness (QED) is 0.135. The van der Waals surface area contributed by atoms with Crippen molar-refractivity contribution in [2.75, 3.05) is 26.4 Å². The Hall–Kier alpha value is -1.37. The maximum absolute atomic E-state index is 12.9. The van der Waals surface area contributed by atoms with Gasteiger partial charge < -0.3 is 10.6 Å². The number of hydrogen-bond acceptors (Lipinski definition) is 4. The molecular weight excluding hydrogens is 538 g/mol. The van der Waals surface area contributed by atoms with Crippen molar-refractivity contribution < 1.29 is 12.8 Å². The summed E-state index contributed by atoms with van der Waals surface area (Å²) in [4.78, 5) is 5.25. The minimum absolute atomic E-state index is 0. The Morgan fingerprint density at radius 1 is 1.10 bits per heavy atom. The van der Waals surface area contributed by atoms with Gasteiger partial charge in [-0.1, -0.05) is 24.3 Å². The summed E-state index contributed by atoms with van der Waals surface area (Å²) < 4.78 is 38.6. The first-order chi connectivity index (χ1) is 13.9. The average Bonchev–Trinajstić information content (AvgIpc) is 2.71. The molecule has 0 bridgehead atoms. The molecule has 0 aliphatic rings. The van der Waals surface area contributed by atoms with Gasteiger partial charge in [-0.2, -0.15) is 0 Å². The third-order valence-electron chi connectivity index (χ3n) is 4.04. The fraction of sp³-hybridized carbons (Fsp3) is 0.350. The molecule has 2 rings (SSSR count). The summed E-state index contributed by atoms with van der Waals surface area (Å²) >= 11 is 1.69. The van der Waals surface area contributed by atoms with E-state index in [-0.39, 0.29) is 35.5 Å². The van der Waals surface area contributed by atoms with Gasteiger partial charge in [0.1, 0.15) is 5.82 Å². The van der Waals surface area contributed by atoms with Gasteiger partial charge >= 0.3 is 0 Å². The molecule has 0 radical (unpaired) electrons. The van der Waals surface area contributed by atoms with Crippen molar-refractivity contribution in [3.63, 3.8) is 0 Å². The van der Waals surface area contributed by atoms with Crippen LogP contribution in [0.3, 0.4) is 0 Å². The van der Waals surface area contributed by atoms with Gasteiger partial charge in [-0.05, 0) is 54.6 Å². The zero-order valence-corrected chi connectivity index (χ0v) is 21.0. The Morgan fingerprint density at radius 3 is 2.47 bits per heavy atom. The Balaban J connectivity index is 0.00000450. The van der Waals surface area contributed by atoms with Crippen LogP contribution in [0.2, 0.25) is 0 Å². The van der Waals surface area contributed by atoms with Gasteiger partial charge in [-0.3, -0.25) is 4.99 Å².